The van der Waals surface area contributed by atoms with E-state index >= 15 is 0 Å². The fraction of sp³-hybridized carbons (Fsp3) is 1.00. The van der Waals surface area contributed by atoms with E-state index in [4.69, 9.17) is 0 Å². The average molecular weight is 315 g/mol. The second-order valence-corrected chi connectivity index (χ2v) is 7.60. The van der Waals surface area contributed by atoms with Crippen LogP contribution < -0.4 is 0 Å². The summed E-state index contributed by atoms with van der Waals surface area (Å²) in [6.07, 6.45) is 11.7. The fourth-order valence-electron chi connectivity index (χ4n) is 3.52. The SMILES string of the molecule is CCCCC(CC)CCC(C)(CC(CC)CCCC)C(O)O. The zero-order valence-electron chi connectivity index (χ0n) is 15.9. The number of hydrogen-bond acceptors (Lipinski definition) is 2. The van der Waals surface area contributed by atoms with Crippen LogP contribution >= 0.6 is 0 Å². The summed E-state index contributed by atoms with van der Waals surface area (Å²) in [7, 11) is 0. The molecular formula is C20H42O2. The quantitative estimate of drug-likeness (QED) is 0.391. The lowest BCUT2D eigenvalue weighted by Crippen LogP contribution is -2.34. The van der Waals surface area contributed by atoms with Crippen molar-refractivity contribution in [2.24, 2.45) is 17.3 Å². The molecule has 0 bridgehead atoms. The Kier molecular flexibility index (Phi) is 12.3. The predicted molar refractivity (Wildman–Crippen MR) is 96.8 cm³/mol. The van der Waals surface area contributed by atoms with Crippen molar-refractivity contribution in [2.45, 2.75) is 112 Å². The first-order valence-corrected chi connectivity index (χ1v) is 9.79. The van der Waals surface area contributed by atoms with Crippen molar-refractivity contribution in [1.82, 2.24) is 0 Å². The van der Waals surface area contributed by atoms with Gasteiger partial charge in [-0.1, -0.05) is 86.0 Å². The smallest absolute Gasteiger partial charge is 0.156 e. The molecule has 0 aromatic rings. The minimum atomic E-state index is -1.19. The molecule has 0 aliphatic carbocycles. The highest BCUT2D eigenvalue weighted by Crippen LogP contribution is 2.38. The van der Waals surface area contributed by atoms with Crippen LogP contribution in [-0.2, 0) is 0 Å². The van der Waals surface area contributed by atoms with Crippen LogP contribution in [0.15, 0.2) is 0 Å². The molecular weight excluding hydrogens is 272 g/mol. The average Bonchev–Trinajstić information content (AvgIpc) is 2.51. The van der Waals surface area contributed by atoms with Gasteiger partial charge in [0.15, 0.2) is 6.29 Å². The molecule has 22 heavy (non-hydrogen) atoms. The number of hydrogen-bond donors (Lipinski definition) is 2. The molecule has 0 rings (SSSR count). The lowest BCUT2D eigenvalue weighted by molar-refractivity contribution is -0.141. The van der Waals surface area contributed by atoms with Crippen LogP contribution in [0.1, 0.15) is 105 Å². The summed E-state index contributed by atoms with van der Waals surface area (Å²) in [5.41, 5.74) is -0.339. The van der Waals surface area contributed by atoms with Crippen LogP contribution in [0.5, 0.6) is 0 Å². The zero-order valence-corrected chi connectivity index (χ0v) is 15.9. The molecule has 0 amide bonds. The first-order valence-electron chi connectivity index (χ1n) is 9.79. The molecule has 0 heterocycles. The van der Waals surface area contributed by atoms with Crippen LogP contribution in [0.2, 0.25) is 0 Å². The van der Waals surface area contributed by atoms with Gasteiger partial charge in [0.2, 0.25) is 0 Å². The second-order valence-electron chi connectivity index (χ2n) is 7.60. The standard InChI is InChI=1S/C20H42O2/c1-6-10-12-17(8-3)14-15-20(5,19(21)22)16-18(9-4)13-11-7-2/h17-19,21-22H,6-16H2,1-5H3. The third kappa shape index (κ3) is 8.53. The Balaban J connectivity index is 4.58. The summed E-state index contributed by atoms with van der Waals surface area (Å²) in [6.45, 7) is 11.1. The number of aliphatic hydroxyl groups is 2. The van der Waals surface area contributed by atoms with Crippen molar-refractivity contribution in [3.05, 3.63) is 0 Å². The van der Waals surface area contributed by atoms with Gasteiger partial charge in [-0.2, -0.15) is 0 Å². The van der Waals surface area contributed by atoms with E-state index < -0.39 is 6.29 Å². The van der Waals surface area contributed by atoms with Crippen molar-refractivity contribution in [1.29, 1.82) is 0 Å². The molecule has 2 nitrogen and oxygen atoms in total. The summed E-state index contributed by atoms with van der Waals surface area (Å²) in [6, 6.07) is 0. The monoisotopic (exact) mass is 314 g/mol. The summed E-state index contributed by atoms with van der Waals surface area (Å²) in [5, 5.41) is 19.9. The maximum atomic E-state index is 9.96. The van der Waals surface area contributed by atoms with Crippen molar-refractivity contribution in [2.75, 3.05) is 0 Å². The Morgan fingerprint density at radius 3 is 1.68 bits per heavy atom. The van der Waals surface area contributed by atoms with E-state index in [9.17, 15) is 10.2 Å². The highest BCUT2D eigenvalue weighted by Gasteiger charge is 2.34. The van der Waals surface area contributed by atoms with E-state index in [1.165, 1.54) is 44.9 Å². The maximum Gasteiger partial charge on any atom is 0.156 e. The van der Waals surface area contributed by atoms with Crippen molar-refractivity contribution < 1.29 is 10.2 Å². The van der Waals surface area contributed by atoms with Crippen LogP contribution in [0.3, 0.4) is 0 Å². The molecule has 2 heteroatoms. The van der Waals surface area contributed by atoms with E-state index in [2.05, 4.69) is 34.6 Å². The lowest BCUT2D eigenvalue weighted by atomic mass is 9.73. The molecule has 0 fully saturated rings. The Bertz CT molecular complexity index is 252. The zero-order chi connectivity index (χ0) is 17.0. The molecule has 0 spiro atoms. The summed E-state index contributed by atoms with van der Waals surface area (Å²) in [5.74, 6) is 1.37. The highest BCUT2D eigenvalue weighted by molar-refractivity contribution is 4.81. The van der Waals surface area contributed by atoms with Crippen LogP contribution in [0, 0.1) is 17.3 Å². The first kappa shape index (κ1) is 21.9. The molecule has 0 aromatic heterocycles. The topological polar surface area (TPSA) is 40.5 Å². The van der Waals surface area contributed by atoms with Crippen molar-refractivity contribution >= 4 is 0 Å². The van der Waals surface area contributed by atoms with E-state index in [-0.39, 0.29) is 5.41 Å². The van der Waals surface area contributed by atoms with Gasteiger partial charge in [-0.15, -0.1) is 0 Å². The molecule has 0 radical (unpaired) electrons. The summed E-state index contributed by atoms with van der Waals surface area (Å²) >= 11 is 0. The normalized spacial score (nSPS) is 17.5. The van der Waals surface area contributed by atoms with Crippen molar-refractivity contribution in [3.63, 3.8) is 0 Å². The largest absolute Gasteiger partial charge is 0.368 e. The third-order valence-corrected chi connectivity index (χ3v) is 5.59. The first-order chi connectivity index (χ1) is 10.4. The Labute approximate surface area is 139 Å². The highest BCUT2D eigenvalue weighted by atomic mass is 16.5. The molecule has 134 valence electrons. The molecule has 3 atom stereocenters. The Morgan fingerprint density at radius 1 is 0.773 bits per heavy atom. The van der Waals surface area contributed by atoms with Crippen molar-refractivity contribution in [3.8, 4) is 0 Å². The minimum Gasteiger partial charge on any atom is -0.368 e. The molecule has 0 aliphatic rings. The summed E-state index contributed by atoms with van der Waals surface area (Å²) in [4.78, 5) is 0. The Hall–Kier alpha value is -0.0800. The molecule has 0 aliphatic heterocycles. The number of unbranched alkanes of at least 4 members (excludes halogenated alkanes) is 2. The van der Waals surface area contributed by atoms with E-state index in [1.54, 1.807) is 0 Å². The van der Waals surface area contributed by atoms with Gasteiger partial charge in [-0.05, 0) is 31.1 Å². The second kappa shape index (κ2) is 12.4. The van der Waals surface area contributed by atoms with Gasteiger partial charge >= 0.3 is 0 Å². The van der Waals surface area contributed by atoms with Gasteiger partial charge in [0.05, 0.1) is 0 Å². The Morgan fingerprint density at radius 2 is 1.27 bits per heavy atom. The number of aliphatic hydroxyl groups excluding tert-OH is 1. The summed E-state index contributed by atoms with van der Waals surface area (Å²) < 4.78 is 0. The molecule has 2 N–H and O–H groups in total. The fourth-order valence-corrected chi connectivity index (χ4v) is 3.52. The molecule has 0 saturated carbocycles. The molecule has 3 unspecified atom stereocenters. The van der Waals surface area contributed by atoms with Crippen LogP contribution in [-0.4, -0.2) is 16.5 Å². The van der Waals surface area contributed by atoms with Gasteiger partial charge in [-0.25, -0.2) is 0 Å². The van der Waals surface area contributed by atoms with Gasteiger partial charge in [0.25, 0.3) is 0 Å². The maximum absolute atomic E-state index is 9.96. The molecule has 0 aromatic carbocycles. The predicted octanol–water partition coefficient (Wildman–Crippen LogP) is 5.91. The van der Waals surface area contributed by atoms with Crippen LogP contribution in [0.25, 0.3) is 0 Å². The van der Waals surface area contributed by atoms with Gasteiger partial charge in [-0.3, -0.25) is 0 Å². The lowest BCUT2D eigenvalue weighted by Gasteiger charge is -2.36. The van der Waals surface area contributed by atoms with Gasteiger partial charge in [0, 0.05) is 5.41 Å². The minimum absolute atomic E-state index is 0.339. The van der Waals surface area contributed by atoms with E-state index in [0.29, 0.717) is 5.92 Å². The van der Waals surface area contributed by atoms with E-state index in [1.807, 2.05) is 0 Å². The van der Waals surface area contributed by atoms with E-state index in [0.717, 1.165) is 31.6 Å². The van der Waals surface area contributed by atoms with Gasteiger partial charge in [0.1, 0.15) is 0 Å². The van der Waals surface area contributed by atoms with Gasteiger partial charge < -0.3 is 10.2 Å². The third-order valence-electron chi connectivity index (χ3n) is 5.59. The van der Waals surface area contributed by atoms with Crippen LogP contribution in [0.4, 0.5) is 0 Å². The molecule has 0 saturated heterocycles. The number of rotatable bonds is 14.